The number of hydrogen-bond acceptors (Lipinski definition) is 7. The van der Waals surface area contributed by atoms with E-state index in [2.05, 4.69) is 0 Å². The smallest absolute Gasteiger partial charge is 0.266 e. The molecule has 0 bridgehead atoms. The molecule has 7 nitrogen and oxygen atoms in total. The molecule has 0 amide bonds. The van der Waals surface area contributed by atoms with E-state index in [-0.39, 0.29) is 5.56 Å². The zero-order valence-electron chi connectivity index (χ0n) is 19.5. The minimum Gasteiger partial charge on any atom is -0.497 e. The Morgan fingerprint density at radius 3 is 2.46 bits per heavy atom. The second kappa shape index (κ2) is 9.68. The lowest BCUT2D eigenvalue weighted by Crippen LogP contribution is -2.21. The Bertz CT molecular complexity index is 1560. The van der Waals surface area contributed by atoms with Crippen LogP contribution in [0.3, 0.4) is 0 Å². The lowest BCUT2D eigenvalue weighted by atomic mass is 10.2. The summed E-state index contributed by atoms with van der Waals surface area (Å²) >= 11 is 1.43. The molecule has 0 saturated carbocycles. The van der Waals surface area contributed by atoms with Gasteiger partial charge < -0.3 is 13.9 Å². The third-order valence-electron chi connectivity index (χ3n) is 5.62. The fourth-order valence-electron chi connectivity index (χ4n) is 3.74. The SMILES string of the molecule is COc1ccc(-c2nc(CSc3nc4ccccc4c(=O)n3-c3cccc(OC)c3)c(C)o2)cc1. The molecule has 0 radical (unpaired) electrons. The Morgan fingerprint density at radius 1 is 0.914 bits per heavy atom. The zero-order valence-corrected chi connectivity index (χ0v) is 20.3. The molecule has 2 heterocycles. The molecule has 0 saturated heterocycles. The number of rotatable bonds is 7. The van der Waals surface area contributed by atoms with Gasteiger partial charge in [-0.05, 0) is 55.5 Å². The number of aromatic nitrogens is 3. The van der Waals surface area contributed by atoms with Crippen molar-refractivity contribution in [3.8, 4) is 28.6 Å². The molecule has 0 aliphatic rings. The van der Waals surface area contributed by atoms with E-state index in [1.165, 1.54) is 11.8 Å². The largest absolute Gasteiger partial charge is 0.497 e. The molecule has 176 valence electrons. The van der Waals surface area contributed by atoms with Crippen LogP contribution in [-0.4, -0.2) is 28.8 Å². The number of methoxy groups -OCH3 is 2. The second-order valence-electron chi connectivity index (χ2n) is 7.79. The first kappa shape index (κ1) is 22.7. The highest BCUT2D eigenvalue weighted by Crippen LogP contribution is 2.29. The Balaban J connectivity index is 1.52. The number of nitrogens with zero attached hydrogens (tertiary/aromatic N) is 3. The summed E-state index contributed by atoms with van der Waals surface area (Å²) in [5, 5.41) is 1.12. The van der Waals surface area contributed by atoms with E-state index in [0.29, 0.717) is 39.1 Å². The van der Waals surface area contributed by atoms with Crippen LogP contribution in [0.2, 0.25) is 0 Å². The van der Waals surface area contributed by atoms with Gasteiger partial charge in [-0.1, -0.05) is 30.0 Å². The summed E-state index contributed by atoms with van der Waals surface area (Å²) in [6.45, 7) is 1.89. The van der Waals surface area contributed by atoms with Crippen molar-refractivity contribution in [2.45, 2.75) is 17.8 Å². The van der Waals surface area contributed by atoms with Gasteiger partial charge >= 0.3 is 0 Å². The van der Waals surface area contributed by atoms with E-state index in [9.17, 15) is 4.79 Å². The van der Waals surface area contributed by atoms with Crippen LogP contribution in [0.25, 0.3) is 28.0 Å². The van der Waals surface area contributed by atoms with Gasteiger partial charge in [0.15, 0.2) is 5.16 Å². The molecule has 5 aromatic rings. The molecule has 0 spiro atoms. The van der Waals surface area contributed by atoms with Crippen molar-refractivity contribution in [2.75, 3.05) is 14.2 Å². The second-order valence-corrected chi connectivity index (χ2v) is 8.74. The van der Waals surface area contributed by atoms with Crippen molar-refractivity contribution >= 4 is 22.7 Å². The first-order valence-electron chi connectivity index (χ1n) is 11.0. The van der Waals surface area contributed by atoms with Gasteiger partial charge in [0.25, 0.3) is 5.56 Å². The summed E-state index contributed by atoms with van der Waals surface area (Å²) in [7, 11) is 3.23. The van der Waals surface area contributed by atoms with Crippen LogP contribution < -0.4 is 15.0 Å². The molecule has 0 aliphatic carbocycles. The maximum atomic E-state index is 13.5. The fourth-order valence-corrected chi connectivity index (χ4v) is 4.75. The predicted octanol–water partition coefficient (Wildman–Crippen LogP) is 5.66. The Kier molecular flexibility index (Phi) is 6.29. The molecule has 0 N–H and O–H groups in total. The normalized spacial score (nSPS) is 11.1. The molecule has 3 aromatic carbocycles. The molecular formula is C27H23N3O4S. The van der Waals surface area contributed by atoms with Gasteiger partial charge in [0.2, 0.25) is 5.89 Å². The maximum Gasteiger partial charge on any atom is 0.266 e. The van der Waals surface area contributed by atoms with Gasteiger partial charge in [-0.15, -0.1) is 0 Å². The highest BCUT2D eigenvalue weighted by molar-refractivity contribution is 7.98. The van der Waals surface area contributed by atoms with E-state index in [1.807, 2.05) is 73.7 Å². The average molecular weight is 486 g/mol. The fraction of sp³-hybridized carbons (Fsp3) is 0.148. The molecule has 0 unspecified atom stereocenters. The summed E-state index contributed by atoms with van der Waals surface area (Å²) in [5.74, 6) is 3.18. The molecule has 8 heteroatoms. The molecule has 0 fully saturated rings. The van der Waals surface area contributed by atoms with Crippen molar-refractivity contribution in [2.24, 2.45) is 0 Å². The van der Waals surface area contributed by atoms with Crippen LogP contribution in [0.4, 0.5) is 0 Å². The summed E-state index contributed by atoms with van der Waals surface area (Å²) in [5.41, 5.74) is 2.85. The quantitative estimate of drug-likeness (QED) is 0.217. The van der Waals surface area contributed by atoms with Gasteiger partial charge in [0.05, 0.1) is 36.5 Å². The van der Waals surface area contributed by atoms with Crippen molar-refractivity contribution < 1.29 is 13.9 Å². The summed E-state index contributed by atoms with van der Waals surface area (Å²) < 4.78 is 18.2. The van der Waals surface area contributed by atoms with Gasteiger partial charge in [-0.25, -0.2) is 9.97 Å². The van der Waals surface area contributed by atoms with Gasteiger partial charge in [0, 0.05) is 17.4 Å². The van der Waals surface area contributed by atoms with Crippen molar-refractivity contribution in [3.05, 3.63) is 94.6 Å². The first-order valence-corrected chi connectivity index (χ1v) is 12.0. The Hall–Kier alpha value is -4.04. The molecule has 5 rings (SSSR count). The molecule has 35 heavy (non-hydrogen) atoms. The number of aryl methyl sites for hydroxylation is 1. The average Bonchev–Trinajstić information content (AvgIpc) is 3.28. The van der Waals surface area contributed by atoms with Gasteiger partial charge in [0.1, 0.15) is 17.3 Å². The number of hydrogen-bond donors (Lipinski definition) is 0. The van der Waals surface area contributed by atoms with E-state index in [4.69, 9.17) is 23.9 Å². The van der Waals surface area contributed by atoms with Crippen LogP contribution in [-0.2, 0) is 5.75 Å². The third-order valence-corrected chi connectivity index (χ3v) is 6.57. The molecular weight excluding hydrogens is 462 g/mol. The number of oxazole rings is 1. The first-order chi connectivity index (χ1) is 17.1. The number of thioether (sulfide) groups is 1. The van der Waals surface area contributed by atoms with Crippen molar-refractivity contribution in [1.29, 1.82) is 0 Å². The number of para-hydroxylation sites is 1. The van der Waals surface area contributed by atoms with E-state index < -0.39 is 0 Å². The number of fused-ring (bicyclic) bond motifs is 1. The zero-order chi connectivity index (χ0) is 24.4. The third kappa shape index (κ3) is 4.52. The van der Waals surface area contributed by atoms with Crippen LogP contribution in [0, 0.1) is 6.92 Å². The van der Waals surface area contributed by atoms with Crippen LogP contribution in [0.1, 0.15) is 11.5 Å². The molecule has 0 aliphatic heterocycles. The molecule has 2 aromatic heterocycles. The van der Waals surface area contributed by atoms with Crippen molar-refractivity contribution in [1.82, 2.24) is 14.5 Å². The summed E-state index contributed by atoms with van der Waals surface area (Å²) in [6, 6.07) is 22.3. The lowest BCUT2D eigenvalue weighted by Gasteiger charge is -2.13. The highest BCUT2D eigenvalue weighted by atomic mass is 32.2. The number of benzene rings is 3. The maximum absolute atomic E-state index is 13.5. The van der Waals surface area contributed by atoms with E-state index in [1.54, 1.807) is 24.9 Å². The van der Waals surface area contributed by atoms with Crippen LogP contribution >= 0.6 is 11.8 Å². The van der Waals surface area contributed by atoms with E-state index >= 15 is 0 Å². The number of ether oxygens (including phenoxy) is 2. The topological polar surface area (TPSA) is 79.4 Å². The monoisotopic (exact) mass is 485 g/mol. The van der Waals surface area contributed by atoms with Crippen molar-refractivity contribution in [3.63, 3.8) is 0 Å². The van der Waals surface area contributed by atoms with Crippen LogP contribution in [0.5, 0.6) is 11.5 Å². The Labute approximate surface area is 206 Å². The summed E-state index contributed by atoms with van der Waals surface area (Å²) in [4.78, 5) is 23.0. The Morgan fingerprint density at radius 2 is 1.69 bits per heavy atom. The predicted molar refractivity (Wildman–Crippen MR) is 137 cm³/mol. The van der Waals surface area contributed by atoms with E-state index in [0.717, 1.165) is 22.8 Å². The molecule has 0 atom stereocenters. The highest BCUT2D eigenvalue weighted by Gasteiger charge is 2.17. The summed E-state index contributed by atoms with van der Waals surface area (Å²) in [6.07, 6.45) is 0. The minimum absolute atomic E-state index is 0.137. The van der Waals surface area contributed by atoms with Crippen LogP contribution in [0.15, 0.2) is 87.2 Å². The standard InChI is InChI=1S/C27H23N3O4S/c1-17-24(28-25(34-17)18-11-13-20(32-2)14-12-18)16-35-27-29-23-10-5-4-9-22(23)26(31)30(27)19-7-6-8-21(15-19)33-3/h4-15H,16H2,1-3H3. The minimum atomic E-state index is -0.137. The van der Waals surface area contributed by atoms with Gasteiger partial charge in [-0.2, -0.15) is 0 Å². The lowest BCUT2D eigenvalue weighted by molar-refractivity contribution is 0.414. The van der Waals surface area contributed by atoms with Gasteiger partial charge in [-0.3, -0.25) is 9.36 Å².